The molecule has 1 heterocycles. The van der Waals surface area contributed by atoms with E-state index in [1.54, 1.807) is 50.5 Å². The number of para-hydroxylation sites is 1. The number of nitrogens with one attached hydrogen (secondary N) is 2. The van der Waals surface area contributed by atoms with Gasteiger partial charge < -0.3 is 20.5 Å². The zero-order valence-electron chi connectivity index (χ0n) is 21.4. The lowest BCUT2D eigenvalue weighted by Crippen LogP contribution is -2.27. The second-order valence-corrected chi connectivity index (χ2v) is 9.06. The van der Waals surface area contributed by atoms with Crippen LogP contribution < -0.4 is 16.2 Å². The molecule has 0 aliphatic carbocycles. The molecule has 3 aromatic carbocycles. The summed E-state index contributed by atoms with van der Waals surface area (Å²) < 4.78 is 6.63. The molecule has 0 aliphatic heterocycles. The van der Waals surface area contributed by atoms with Crippen LogP contribution >= 0.6 is 0 Å². The topological polar surface area (TPSA) is 167 Å². The van der Waals surface area contributed by atoms with Gasteiger partial charge in [-0.15, -0.1) is 5.10 Å². The SMILES string of the molecule is CN(C)C(=O)COc1ccc(C(Cc2ccc(C(=N)N)cc2)c2nn(-c3ccccc3C(=O)O)c(=O)[nH]2)cc1. The Morgan fingerprint density at radius 1 is 1.08 bits per heavy atom. The number of ether oxygens (including phenoxy) is 1. The third-order valence-electron chi connectivity index (χ3n) is 6.18. The van der Waals surface area contributed by atoms with Crippen LogP contribution in [-0.4, -0.2) is 63.2 Å². The second kappa shape index (κ2) is 11.5. The zero-order chi connectivity index (χ0) is 28.1. The third kappa shape index (κ3) is 6.21. The van der Waals surface area contributed by atoms with Crippen molar-refractivity contribution in [2.45, 2.75) is 12.3 Å². The first-order valence-electron chi connectivity index (χ1n) is 12.0. The second-order valence-electron chi connectivity index (χ2n) is 9.06. The van der Waals surface area contributed by atoms with Crippen molar-refractivity contribution in [1.82, 2.24) is 19.7 Å². The lowest BCUT2D eigenvalue weighted by Gasteiger charge is -2.16. The fourth-order valence-electron chi connectivity index (χ4n) is 4.00. The lowest BCUT2D eigenvalue weighted by atomic mass is 9.91. The number of aromatic carboxylic acids is 1. The Hall–Kier alpha value is -5.19. The number of hydrogen-bond acceptors (Lipinski definition) is 6. The summed E-state index contributed by atoms with van der Waals surface area (Å²) in [5.74, 6) is -0.957. The lowest BCUT2D eigenvalue weighted by molar-refractivity contribution is -0.130. The van der Waals surface area contributed by atoms with Crippen molar-refractivity contribution in [1.29, 1.82) is 5.41 Å². The molecule has 0 fully saturated rings. The van der Waals surface area contributed by atoms with Crippen molar-refractivity contribution in [3.05, 3.63) is 111 Å². The van der Waals surface area contributed by atoms with Gasteiger partial charge >= 0.3 is 11.7 Å². The van der Waals surface area contributed by atoms with E-state index in [2.05, 4.69) is 10.1 Å². The number of nitrogens with two attached hydrogens (primary N) is 1. The van der Waals surface area contributed by atoms with Crippen LogP contribution in [0.2, 0.25) is 0 Å². The Morgan fingerprint density at radius 3 is 2.36 bits per heavy atom. The van der Waals surface area contributed by atoms with Crippen LogP contribution in [0.3, 0.4) is 0 Å². The van der Waals surface area contributed by atoms with Gasteiger partial charge in [-0.05, 0) is 41.8 Å². The van der Waals surface area contributed by atoms with Crippen molar-refractivity contribution < 1.29 is 19.4 Å². The molecule has 4 rings (SSSR count). The van der Waals surface area contributed by atoms with Gasteiger partial charge in [-0.25, -0.2) is 9.59 Å². The number of amides is 1. The average Bonchev–Trinajstić information content (AvgIpc) is 3.31. The minimum Gasteiger partial charge on any atom is -0.484 e. The highest BCUT2D eigenvalue weighted by Gasteiger charge is 2.23. The van der Waals surface area contributed by atoms with Crippen LogP contribution in [0.4, 0.5) is 0 Å². The fourth-order valence-corrected chi connectivity index (χ4v) is 4.00. The fraction of sp³-hybridized carbons (Fsp3) is 0.179. The summed E-state index contributed by atoms with van der Waals surface area (Å²) in [5, 5.41) is 21.7. The molecule has 0 aliphatic rings. The summed E-state index contributed by atoms with van der Waals surface area (Å²) in [7, 11) is 3.30. The maximum atomic E-state index is 12.9. The van der Waals surface area contributed by atoms with E-state index in [9.17, 15) is 19.5 Å². The van der Waals surface area contributed by atoms with Crippen LogP contribution in [0.25, 0.3) is 5.69 Å². The van der Waals surface area contributed by atoms with E-state index in [4.69, 9.17) is 15.9 Å². The van der Waals surface area contributed by atoms with Crippen molar-refractivity contribution in [2.75, 3.05) is 20.7 Å². The number of aromatic amines is 1. The quantitative estimate of drug-likeness (QED) is 0.181. The van der Waals surface area contributed by atoms with Crippen LogP contribution in [0.5, 0.6) is 5.75 Å². The van der Waals surface area contributed by atoms with E-state index >= 15 is 0 Å². The van der Waals surface area contributed by atoms with Gasteiger partial charge in [-0.3, -0.25) is 15.2 Å². The normalized spacial score (nSPS) is 11.5. The van der Waals surface area contributed by atoms with Gasteiger partial charge in [-0.1, -0.05) is 48.5 Å². The molecule has 0 radical (unpaired) electrons. The van der Waals surface area contributed by atoms with Gasteiger partial charge in [0.2, 0.25) is 0 Å². The molecule has 5 N–H and O–H groups in total. The predicted octanol–water partition coefficient (Wildman–Crippen LogP) is 2.38. The molecule has 11 nitrogen and oxygen atoms in total. The van der Waals surface area contributed by atoms with Crippen LogP contribution in [0, 0.1) is 5.41 Å². The van der Waals surface area contributed by atoms with Crippen molar-refractivity contribution in [3.63, 3.8) is 0 Å². The number of carboxylic acids is 1. The average molecular weight is 529 g/mol. The molecule has 0 saturated carbocycles. The first-order valence-corrected chi connectivity index (χ1v) is 12.0. The molecule has 39 heavy (non-hydrogen) atoms. The van der Waals surface area contributed by atoms with Crippen molar-refractivity contribution in [3.8, 4) is 11.4 Å². The van der Waals surface area contributed by atoms with Gasteiger partial charge in [0.1, 0.15) is 17.4 Å². The molecule has 0 bridgehead atoms. The zero-order valence-corrected chi connectivity index (χ0v) is 21.4. The number of hydrogen-bond donors (Lipinski definition) is 4. The van der Waals surface area contributed by atoms with E-state index in [0.717, 1.165) is 15.8 Å². The molecule has 1 amide bonds. The van der Waals surface area contributed by atoms with Crippen LogP contribution in [0.1, 0.15) is 38.8 Å². The minimum atomic E-state index is -1.17. The standard InChI is InChI=1S/C28H28N6O5/c1-33(2)24(35)16-39-20-13-11-18(12-14-20)22(15-17-7-9-19(10-8-17)25(29)30)26-31-28(38)34(32-26)23-6-4-3-5-21(23)27(36)37/h3-14,22H,15-16H2,1-2H3,(H3,29,30)(H,36,37)(H,31,32,38). The number of aromatic nitrogens is 3. The molecule has 1 unspecified atom stereocenters. The highest BCUT2D eigenvalue weighted by atomic mass is 16.5. The van der Waals surface area contributed by atoms with E-state index < -0.39 is 17.6 Å². The number of carbonyl (C=O) groups excluding carboxylic acids is 1. The van der Waals surface area contributed by atoms with Crippen LogP contribution in [0.15, 0.2) is 77.6 Å². The first-order chi connectivity index (χ1) is 18.6. The number of rotatable bonds is 10. The van der Waals surface area contributed by atoms with E-state index in [-0.39, 0.29) is 29.6 Å². The van der Waals surface area contributed by atoms with E-state index in [1.165, 1.54) is 17.0 Å². The molecular weight excluding hydrogens is 500 g/mol. The highest BCUT2D eigenvalue weighted by molar-refractivity contribution is 5.94. The Balaban J connectivity index is 1.71. The van der Waals surface area contributed by atoms with Gasteiger partial charge in [0.15, 0.2) is 6.61 Å². The molecule has 0 saturated heterocycles. The third-order valence-corrected chi connectivity index (χ3v) is 6.18. The van der Waals surface area contributed by atoms with Crippen molar-refractivity contribution >= 4 is 17.7 Å². The van der Waals surface area contributed by atoms with Crippen LogP contribution in [-0.2, 0) is 11.2 Å². The number of likely N-dealkylation sites (N-methyl/N-ethyl adjacent to an activating group) is 1. The summed E-state index contributed by atoms with van der Waals surface area (Å²) in [6.45, 7) is -0.0982. The minimum absolute atomic E-state index is 0.0402. The maximum absolute atomic E-state index is 12.9. The Morgan fingerprint density at radius 2 is 1.74 bits per heavy atom. The molecule has 4 aromatic rings. The maximum Gasteiger partial charge on any atom is 0.348 e. The number of nitrogen functional groups attached to an aromatic ring is 1. The smallest absolute Gasteiger partial charge is 0.348 e. The summed E-state index contributed by atoms with van der Waals surface area (Å²) in [5.41, 5.74) is 7.41. The first kappa shape index (κ1) is 26.9. The number of H-pyrrole nitrogens is 1. The van der Waals surface area contributed by atoms with E-state index in [1.807, 2.05) is 24.3 Å². The Labute approximate surface area is 224 Å². The Bertz CT molecular complexity index is 1550. The van der Waals surface area contributed by atoms with Gasteiger partial charge in [0, 0.05) is 25.6 Å². The molecule has 11 heteroatoms. The number of nitrogens with zero attached hydrogens (tertiary/aromatic N) is 3. The summed E-state index contributed by atoms with van der Waals surface area (Å²) >= 11 is 0. The molecule has 0 spiro atoms. The van der Waals surface area contributed by atoms with Gasteiger partial charge in [-0.2, -0.15) is 4.68 Å². The number of carboxylic acid groups (broad SMARTS) is 1. The summed E-state index contributed by atoms with van der Waals surface area (Å²) in [6, 6.07) is 20.5. The van der Waals surface area contributed by atoms with E-state index in [0.29, 0.717) is 23.6 Å². The molecule has 200 valence electrons. The molecule has 1 aromatic heterocycles. The number of amidine groups is 1. The molecule has 1 atom stereocenters. The largest absolute Gasteiger partial charge is 0.484 e. The highest BCUT2D eigenvalue weighted by Crippen LogP contribution is 2.28. The van der Waals surface area contributed by atoms with Gasteiger partial charge in [0.05, 0.1) is 11.3 Å². The number of carbonyl (C=O) groups is 2. The summed E-state index contributed by atoms with van der Waals surface area (Å²) in [4.78, 5) is 40.8. The van der Waals surface area contributed by atoms with Crippen molar-refractivity contribution in [2.24, 2.45) is 5.73 Å². The summed E-state index contributed by atoms with van der Waals surface area (Å²) in [6.07, 6.45) is 0.436. The number of benzene rings is 3. The molecular formula is C28H28N6O5. The predicted molar refractivity (Wildman–Crippen MR) is 145 cm³/mol. The Kier molecular flexibility index (Phi) is 7.90. The monoisotopic (exact) mass is 528 g/mol. The van der Waals surface area contributed by atoms with Gasteiger partial charge in [0.25, 0.3) is 5.91 Å².